The van der Waals surface area contributed by atoms with E-state index in [0.29, 0.717) is 18.7 Å². The fraction of sp³-hybridized carbons (Fsp3) is 0.583. The van der Waals surface area contributed by atoms with Crippen molar-refractivity contribution in [2.75, 3.05) is 19.6 Å². The molecular formula is C24H34N2O4S. The summed E-state index contributed by atoms with van der Waals surface area (Å²) >= 11 is 0. The summed E-state index contributed by atoms with van der Waals surface area (Å²) in [5, 5.41) is 0. The van der Waals surface area contributed by atoms with Crippen LogP contribution < -0.4 is 0 Å². The van der Waals surface area contributed by atoms with E-state index in [0.717, 1.165) is 44.9 Å². The number of hydrogen-bond donors (Lipinski definition) is 0. The van der Waals surface area contributed by atoms with Crippen molar-refractivity contribution in [3.63, 3.8) is 0 Å². The third kappa shape index (κ3) is 4.48. The molecule has 0 bridgehead atoms. The van der Waals surface area contributed by atoms with Gasteiger partial charge in [0.25, 0.3) is 0 Å². The zero-order valence-electron chi connectivity index (χ0n) is 18.9. The molecule has 2 aliphatic carbocycles. The summed E-state index contributed by atoms with van der Waals surface area (Å²) in [7, 11) is -4.13. The molecule has 2 aliphatic rings. The number of carbonyl (C=O) groups excluding carboxylic acids is 2. The molecule has 1 aromatic carbocycles. The highest BCUT2D eigenvalue weighted by Gasteiger charge is 2.44. The molecule has 0 spiro atoms. The van der Waals surface area contributed by atoms with E-state index in [9.17, 15) is 18.0 Å². The van der Waals surface area contributed by atoms with Gasteiger partial charge in [-0.05, 0) is 25.7 Å². The molecule has 0 aromatic heterocycles. The van der Waals surface area contributed by atoms with Crippen LogP contribution >= 0.6 is 0 Å². The standard InChI is InChI=1S/C24H34N2O4S/c1-4-16-25(17-5-2)21-22(27)19-14-10-11-15-20(19)23(28)24(21)31(29,30)26(6-3)18-12-8-7-9-13-18/h10-11,14-15,18H,4-9,12-13,16-17H2,1-3H3. The smallest absolute Gasteiger partial charge is 0.249 e. The van der Waals surface area contributed by atoms with Crippen molar-refractivity contribution < 1.29 is 18.0 Å². The van der Waals surface area contributed by atoms with Gasteiger partial charge in [-0.25, -0.2) is 8.42 Å². The van der Waals surface area contributed by atoms with Crippen molar-refractivity contribution in [1.82, 2.24) is 9.21 Å². The van der Waals surface area contributed by atoms with Crippen LogP contribution in [0.2, 0.25) is 0 Å². The molecule has 0 atom stereocenters. The van der Waals surface area contributed by atoms with Crippen LogP contribution in [0.4, 0.5) is 0 Å². The molecule has 1 fully saturated rings. The first-order valence-electron chi connectivity index (χ1n) is 11.6. The largest absolute Gasteiger partial charge is 0.367 e. The monoisotopic (exact) mass is 446 g/mol. The average Bonchev–Trinajstić information content (AvgIpc) is 2.77. The molecule has 170 valence electrons. The zero-order valence-corrected chi connectivity index (χ0v) is 19.7. The number of Topliss-reactive ketones (excluding diaryl/α,β-unsaturated/α-hetero) is 2. The van der Waals surface area contributed by atoms with Crippen LogP contribution in [-0.2, 0) is 10.0 Å². The number of ketones is 2. The van der Waals surface area contributed by atoms with E-state index < -0.39 is 15.8 Å². The summed E-state index contributed by atoms with van der Waals surface area (Å²) in [6, 6.07) is 6.44. The maximum atomic E-state index is 14.0. The van der Waals surface area contributed by atoms with Crippen LogP contribution in [-0.4, -0.2) is 54.9 Å². The van der Waals surface area contributed by atoms with Gasteiger partial charge in [-0.15, -0.1) is 0 Å². The molecule has 0 amide bonds. The minimum Gasteiger partial charge on any atom is -0.367 e. The summed E-state index contributed by atoms with van der Waals surface area (Å²) < 4.78 is 29.4. The molecule has 0 radical (unpaired) electrons. The molecule has 31 heavy (non-hydrogen) atoms. The van der Waals surface area contributed by atoms with Gasteiger partial charge in [0.15, 0.2) is 4.91 Å². The lowest BCUT2D eigenvalue weighted by Gasteiger charge is -2.36. The van der Waals surface area contributed by atoms with Gasteiger partial charge in [0, 0.05) is 36.8 Å². The predicted octanol–water partition coefficient (Wildman–Crippen LogP) is 4.38. The molecule has 6 nitrogen and oxygen atoms in total. The molecule has 0 saturated heterocycles. The van der Waals surface area contributed by atoms with Crippen LogP contribution in [0.25, 0.3) is 0 Å². The van der Waals surface area contributed by atoms with Crippen molar-refractivity contribution in [3.05, 3.63) is 46.0 Å². The second-order valence-electron chi connectivity index (χ2n) is 8.37. The summed E-state index contributed by atoms with van der Waals surface area (Å²) in [5.41, 5.74) is 0.531. The number of fused-ring (bicyclic) bond motifs is 1. The zero-order chi connectivity index (χ0) is 22.6. The lowest BCUT2D eigenvalue weighted by Crippen LogP contribution is -2.46. The molecule has 1 saturated carbocycles. The SMILES string of the molecule is CCCN(CCC)C1=C(S(=O)(=O)N(CC)C2CCCCC2)C(=O)c2ccccc2C1=O. The van der Waals surface area contributed by atoms with Gasteiger partial charge in [0.2, 0.25) is 21.6 Å². The minimum atomic E-state index is -4.13. The van der Waals surface area contributed by atoms with Crippen molar-refractivity contribution in [3.8, 4) is 0 Å². The Labute approximate surface area is 186 Å². The van der Waals surface area contributed by atoms with Crippen molar-refractivity contribution >= 4 is 21.6 Å². The Kier molecular flexibility index (Phi) is 7.70. The number of nitrogens with zero attached hydrogens (tertiary/aromatic N) is 2. The molecule has 7 heteroatoms. The number of sulfonamides is 1. The van der Waals surface area contributed by atoms with Gasteiger partial charge in [-0.1, -0.05) is 64.3 Å². The lowest BCUT2D eigenvalue weighted by molar-refractivity contribution is 0.0945. The molecule has 0 N–H and O–H groups in total. The quantitative estimate of drug-likeness (QED) is 0.563. The Morgan fingerprint density at radius 1 is 0.871 bits per heavy atom. The van der Waals surface area contributed by atoms with E-state index >= 15 is 0 Å². The van der Waals surface area contributed by atoms with Gasteiger partial charge in [0.1, 0.15) is 5.70 Å². The molecule has 0 unspecified atom stereocenters. The van der Waals surface area contributed by atoms with Crippen molar-refractivity contribution in [2.24, 2.45) is 0 Å². The molecule has 3 rings (SSSR count). The van der Waals surface area contributed by atoms with Crippen LogP contribution in [0.3, 0.4) is 0 Å². The molecular weight excluding hydrogens is 412 g/mol. The second-order valence-corrected chi connectivity index (χ2v) is 10.2. The Hall–Kier alpha value is -1.99. The minimum absolute atomic E-state index is 0.0571. The number of carbonyl (C=O) groups is 2. The van der Waals surface area contributed by atoms with Gasteiger partial charge >= 0.3 is 0 Å². The number of hydrogen-bond acceptors (Lipinski definition) is 5. The first-order chi connectivity index (χ1) is 14.9. The maximum Gasteiger partial charge on any atom is 0.249 e. The summed E-state index contributed by atoms with van der Waals surface area (Å²) in [5.74, 6) is -0.924. The number of rotatable bonds is 9. The summed E-state index contributed by atoms with van der Waals surface area (Å²) in [6.07, 6.45) is 6.16. The lowest BCUT2D eigenvalue weighted by atomic mass is 9.91. The third-order valence-corrected chi connectivity index (χ3v) is 8.28. The van der Waals surface area contributed by atoms with E-state index in [2.05, 4.69) is 0 Å². The highest BCUT2D eigenvalue weighted by atomic mass is 32.2. The van der Waals surface area contributed by atoms with E-state index in [1.165, 1.54) is 4.31 Å². The van der Waals surface area contributed by atoms with Crippen LogP contribution in [0.5, 0.6) is 0 Å². The van der Waals surface area contributed by atoms with Crippen LogP contribution in [0.1, 0.15) is 86.4 Å². The highest BCUT2D eigenvalue weighted by Crippen LogP contribution is 2.35. The Balaban J connectivity index is 2.22. The van der Waals surface area contributed by atoms with E-state index in [-0.39, 0.29) is 34.5 Å². The van der Waals surface area contributed by atoms with Gasteiger partial charge in [0.05, 0.1) is 0 Å². The number of allylic oxidation sites excluding steroid dienone is 2. The molecule has 0 aliphatic heterocycles. The topological polar surface area (TPSA) is 74.8 Å². The van der Waals surface area contributed by atoms with E-state index in [4.69, 9.17) is 0 Å². The summed E-state index contributed by atoms with van der Waals surface area (Å²) in [6.45, 7) is 7.12. The fourth-order valence-corrected chi connectivity index (χ4v) is 6.84. The average molecular weight is 447 g/mol. The van der Waals surface area contributed by atoms with Gasteiger partial charge < -0.3 is 4.90 Å². The fourth-order valence-electron chi connectivity index (χ4n) is 4.85. The van der Waals surface area contributed by atoms with E-state index in [1.807, 2.05) is 20.8 Å². The predicted molar refractivity (Wildman–Crippen MR) is 122 cm³/mol. The normalized spacial score (nSPS) is 17.9. The van der Waals surface area contributed by atoms with Crippen molar-refractivity contribution in [2.45, 2.75) is 71.8 Å². The summed E-state index contributed by atoms with van der Waals surface area (Å²) in [4.78, 5) is 28.6. The number of benzene rings is 1. The highest BCUT2D eigenvalue weighted by molar-refractivity contribution is 7.94. The van der Waals surface area contributed by atoms with E-state index in [1.54, 1.807) is 29.2 Å². The Morgan fingerprint density at radius 3 is 1.94 bits per heavy atom. The first-order valence-corrected chi connectivity index (χ1v) is 13.0. The van der Waals surface area contributed by atoms with Crippen LogP contribution in [0.15, 0.2) is 34.9 Å². The first kappa shape index (κ1) is 23.7. The molecule has 1 aromatic rings. The van der Waals surface area contributed by atoms with Crippen molar-refractivity contribution in [1.29, 1.82) is 0 Å². The second kappa shape index (κ2) is 10.1. The molecule has 0 heterocycles. The van der Waals surface area contributed by atoms with Gasteiger partial charge in [-0.3, -0.25) is 9.59 Å². The maximum absolute atomic E-state index is 14.0. The van der Waals surface area contributed by atoms with Crippen LogP contribution in [0, 0.1) is 0 Å². The Bertz CT molecular complexity index is 956. The Morgan fingerprint density at radius 2 is 1.42 bits per heavy atom. The third-order valence-electron chi connectivity index (χ3n) is 6.22. The van der Waals surface area contributed by atoms with Gasteiger partial charge in [-0.2, -0.15) is 4.31 Å².